The van der Waals surface area contributed by atoms with Gasteiger partial charge in [0.05, 0.1) is 17.0 Å². The summed E-state index contributed by atoms with van der Waals surface area (Å²) in [7, 11) is -3.80. The molecule has 0 atom stereocenters. The fraction of sp³-hybridized carbons (Fsp3) is 0.0526. The van der Waals surface area contributed by atoms with Gasteiger partial charge in [0.2, 0.25) is 10.0 Å². The number of primary sulfonamides is 1. The number of rotatable bonds is 5. The van der Waals surface area contributed by atoms with Crippen molar-refractivity contribution in [3.8, 4) is 0 Å². The van der Waals surface area contributed by atoms with E-state index in [4.69, 9.17) is 16.7 Å². The number of hydrogen-bond acceptors (Lipinski definition) is 4. The molecule has 7 nitrogen and oxygen atoms in total. The molecular formula is C19H16ClN3O4S. The van der Waals surface area contributed by atoms with Gasteiger partial charge in [-0.15, -0.1) is 0 Å². The number of aromatic nitrogens is 1. The minimum atomic E-state index is -3.80. The maximum atomic E-state index is 12.5. The lowest BCUT2D eigenvalue weighted by atomic mass is 10.2. The second kappa shape index (κ2) is 7.97. The smallest absolute Gasteiger partial charge is 0.257 e. The van der Waals surface area contributed by atoms with Gasteiger partial charge in [0.1, 0.15) is 0 Å². The van der Waals surface area contributed by atoms with E-state index in [0.717, 1.165) is 5.56 Å². The van der Waals surface area contributed by atoms with Crippen molar-refractivity contribution in [1.29, 1.82) is 0 Å². The van der Waals surface area contributed by atoms with Crippen LogP contribution >= 0.6 is 11.6 Å². The Morgan fingerprint density at radius 3 is 2.25 bits per heavy atom. The molecule has 0 aliphatic heterocycles. The van der Waals surface area contributed by atoms with Gasteiger partial charge in [0.15, 0.2) is 0 Å². The maximum absolute atomic E-state index is 12.5. The van der Waals surface area contributed by atoms with Gasteiger partial charge in [-0.05, 0) is 48.0 Å². The average molecular weight is 418 g/mol. The Kier molecular flexibility index (Phi) is 5.64. The van der Waals surface area contributed by atoms with Crippen molar-refractivity contribution in [1.82, 2.24) is 4.57 Å². The summed E-state index contributed by atoms with van der Waals surface area (Å²) in [6, 6.07) is 15.3. The first-order valence-electron chi connectivity index (χ1n) is 8.11. The van der Waals surface area contributed by atoms with Gasteiger partial charge in [-0.1, -0.05) is 23.7 Å². The van der Waals surface area contributed by atoms with E-state index in [2.05, 4.69) is 5.32 Å². The summed E-state index contributed by atoms with van der Waals surface area (Å²) in [5.41, 5.74) is 1.29. The maximum Gasteiger partial charge on any atom is 0.257 e. The molecule has 1 heterocycles. The highest BCUT2D eigenvalue weighted by Crippen LogP contribution is 2.14. The fourth-order valence-electron chi connectivity index (χ4n) is 2.51. The van der Waals surface area contributed by atoms with Crippen LogP contribution in [0.3, 0.4) is 0 Å². The number of halogens is 1. The van der Waals surface area contributed by atoms with Gasteiger partial charge in [-0.25, -0.2) is 13.6 Å². The molecule has 1 aromatic heterocycles. The molecule has 2 aromatic carbocycles. The van der Waals surface area contributed by atoms with Crippen LogP contribution in [-0.4, -0.2) is 18.9 Å². The number of pyridine rings is 1. The first-order valence-corrected chi connectivity index (χ1v) is 10.0. The van der Waals surface area contributed by atoms with Crippen molar-refractivity contribution in [2.24, 2.45) is 5.14 Å². The van der Waals surface area contributed by atoms with Crippen LogP contribution in [0.15, 0.2) is 76.6 Å². The first kappa shape index (κ1) is 19.8. The lowest BCUT2D eigenvalue weighted by Gasteiger charge is -2.10. The van der Waals surface area contributed by atoms with Crippen molar-refractivity contribution in [3.63, 3.8) is 0 Å². The van der Waals surface area contributed by atoms with Crippen LogP contribution in [0.2, 0.25) is 5.02 Å². The SMILES string of the molecule is NS(=O)(=O)c1ccc(NC(=O)c2ccc(=O)n(Cc3ccc(Cl)cc3)c2)cc1. The van der Waals surface area contributed by atoms with E-state index in [1.54, 1.807) is 24.3 Å². The summed E-state index contributed by atoms with van der Waals surface area (Å²) in [5.74, 6) is -0.437. The predicted molar refractivity (Wildman–Crippen MR) is 107 cm³/mol. The topological polar surface area (TPSA) is 111 Å². The van der Waals surface area contributed by atoms with E-state index < -0.39 is 15.9 Å². The summed E-state index contributed by atoms with van der Waals surface area (Å²) in [6.07, 6.45) is 1.46. The number of nitrogens with zero attached hydrogens (tertiary/aromatic N) is 1. The Bertz CT molecular complexity index is 1170. The molecule has 0 fully saturated rings. The molecule has 3 N–H and O–H groups in total. The Hall–Kier alpha value is -2.94. The number of amides is 1. The van der Waals surface area contributed by atoms with E-state index in [1.807, 2.05) is 0 Å². The zero-order valence-electron chi connectivity index (χ0n) is 14.5. The van der Waals surface area contributed by atoms with Crippen LogP contribution in [0.25, 0.3) is 0 Å². The number of nitrogens with two attached hydrogens (primary N) is 1. The Morgan fingerprint density at radius 2 is 1.64 bits per heavy atom. The summed E-state index contributed by atoms with van der Waals surface area (Å²) < 4.78 is 24.0. The molecule has 144 valence electrons. The number of anilines is 1. The largest absolute Gasteiger partial charge is 0.322 e. The molecule has 0 unspecified atom stereocenters. The van der Waals surface area contributed by atoms with E-state index in [9.17, 15) is 18.0 Å². The van der Waals surface area contributed by atoms with Crippen LogP contribution < -0.4 is 16.0 Å². The van der Waals surface area contributed by atoms with Crippen LogP contribution in [0, 0.1) is 0 Å². The molecule has 3 aromatic rings. The molecular weight excluding hydrogens is 402 g/mol. The number of hydrogen-bond donors (Lipinski definition) is 2. The number of carbonyl (C=O) groups excluding carboxylic acids is 1. The number of nitrogens with one attached hydrogen (secondary N) is 1. The molecule has 28 heavy (non-hydrogen) atoms. The Morgan fingerprint density at radius 1 is 1.00 bits per heavy atom. The molecule has 0 bridgehead atoms. The number of benzene rings is 2. The van der Waals surface area contributed by atoms with Crippen molar-refractivity contribution < 1.29 is 13.2 Å². The highest BCUT2D eigenvalue weighted by atomic mass is 35.5. The van der Waals surface area contributed by atoms with Gasteiger partial charge in [0, 0.05) is 23.0 Å². The van der Waals surface area contributed by atoms with Crippen molar-refractivity contribution in [2.75, 3.05) is 5.32 Å². The third kappa shape index (κ3) is 4.86. The summed E-state index contributed by atoms with van der Waals surface area (Å²) in [6.45, 7) is 0.292. The number of sulfonamides is 1. The first-order chi connectivity index (χ1) is 13.2. The molecule has 9 heteroatoms. The van der Waals surface area contributed by atoms with Gasteiger partial charge in [0.25, 0.3) is 11.5 Å². The summed E-state index contributed by atoms with van der Waals surface area (Å²) in [4.78, 5) is 24.5. The van der Waals surface area contributed by atoms with Gasteiger partial charge < -0.3 is 9.88 Å². The molecule has 1 amide bonds. The van der Waals surface area contributed by atoms with Gasteiger partial charge in [-0.2, -0.15) is 0 Å². The molecule has 0 spiro atoms. The Labute approximate surface area is 166 Å². The van der Waals surface area contributed by atoms with E-state index in [-0.39, 0.29) is 16.0 Å². The molecule has 0 aliphatic carbocycles. The third-order valence-electron chi connectivity index (χ3n) is 3.95. The monoisotopic (exact) mass is 417 g/mol. The Balaban J connectivity index is 1.78. The normalized spacial score (nSPS) is 11.2. The van der Waals surface area contributed by atoms with Crippen LogP contribution in [0.1, 0.15) is 15.9 Å². The average Bonchev–Trinajstić information content (AvgIpc) is 2.65. The van der Waals surface area contributed by atoms with Crippen LogP contribution in [-0.2, 0) is 16.6 Å². The predicted octanol–water partition coefficient (Wildman–Crippen LogP) is 2.45. The zero-order chi connectivity index (χ0) is 20.3. The lowest BCUT2D eigenvalue weighted by Crippen LogP contribution is -2.22. The highest BCUT2D eigenvalue weighted by Gasteiger charge is 2.11. The highest BCUT2D eigenvalue weighted by molar-refractivity contribution is 7.89. The lowest BCUT2D eigenvalue weighted by molar-refractivity contribution is 0.102. The van der Waals surface area contributed by atoms with Gasteiger partial charge in [-0.3, -0.25) is 9.59 Å². The van der Waals surface area contributed by atoms with Crippen molar-refractivity contribution in [2.45, 2.75) is 11.4 Å². The second-order valence-corrected chi connectivity index (χ2v) is 8.03. The molecule has 3 rings (SSSR count). The van der Waals surface area contributed by atoms with E-state index in [1.165, 1.54) is 47.2 Å². The van der Waals surface area contributed by atoms with Crippen LogP contribution in [0.5, 0.6) is 0 Å². The standard InChI is InChI=1S/C19H16ClN3O4S/c20-15-4-1-13(2-5-15)11-23-12-14(3-10-18(23)24)19(25)22-16-6-8-17(9-7-16)28(21,26)27/h1-10,12H,11H2,(H,22,25)(H2,21,26,27). The molecule has 0 aliphatic rings. The van der Waals surface area contributed by atoms with Gasteiger partial charge >= 0.3 is 0 Å². The quantitative estimate of drug-likeness (QED) is 0.664. The van der Waals surface area contributed by atoms with Crippen molar-refractivity contribution >= 4 is 33.2 Å². The minimum Gasteiger partial charge on any atom is -0.322 e. The number of carbonyl (C=O) groups is 1. The summed E-state index contributed by atoms with van der Waals surface area (Å²) in [5, 5.41) is 8.29. The third-order valence-corrected chi connectivity index (χ3v) is 5.13. The van der Waals surface area contributed by atoms with E-state index >= 15 is 0 Å². The van der Waals surface area contributed by atoms with Crippen molar-refractivity contribution in [3.05, 3.63) is 93.4 Å². The fourth-order valence-corrected chi connectivity index (χ4v) is 3.15. The zero-order valence-corrected chi connectivity index (χ0v) is 16.1. The molecule has 0 radical (unpaired) electrons. The van der Waals surface area contributed by atoms with Crippen LogP contribution in [0.4, 0.5) is 5.69 Å². The van der Waals surface area contributed by atoms with E-state index in [0.29, 0.717) is 17.3 Å². The molecule has 0 saturated heterocycles. The summed E-state index contributed by atoms with van der Waals surface area (Å²) >= 11 is 5.86. The minimum absolute atomic E-state index is 0.0537. The molecule has 0 saturated carbocycles. The second-order valence-electron chi connectivity index (χ2n) is 6.03.